The van der Waals surface area contributed by atoms with E-state index in [0.29, 0.717) is 34.1 Å². The van der Waals surface area contributed by atoms with Crippen LogP contribution in [0.15, 0.2) is 82.7 Å². The first-order valence-electron chi connectivity index (χ1n) is 9.57. The molecule has 6 heteroatoms. The van der Waals surface area contributed by atoms with Crippen LogP contribution in [-0.4, -0.2) is 23.8 Å². The Bertz CT molecular complexity index is 1220. The minimum atomic E-state index is -0.0500. The van der Waals surface area contributed by atoms with E-state index in [2.05, 4.69) is 12.1 Å². The SMILES string of the molecule is COc1ccc(Cn2c(SCc3ccccc3)nc3ccccc3c2=O)cc1OC. The van der Waals surface area contributed by atoms with Crippen LogP contribution in [0.2, 0.25) is 0 Å². The number of nitrogens with zero attached hydrogens (tertiary/aromatic N) is 2. The lowest BCUT2D eigenvalue weighted by molar-refractivity contribution is 0.354. The molecule has 0 saturated carbocycles. The molecule has 30 heavy (non-hydrogen) atoms. The summed E-state index contributed by atoms with van der Waals surface area (Å²) >= 11 is 1.56. The summed E-state index contributed by atoms with van der Waals surface area (Å²) in [7, 11) is 3.21. The van der Waals surface area contributed by atoms with Gasteiger partial charge in [0.15, 0.2) is 16.7 Å². The summed E-state index contributed by atoms with van der Waals surface area (Å²) < 4.78 is 12.5. The maximum Gasteiger partial charge on any atom is 0.262 e. The van der Waals surface area contributed by atoms with Gasteiger partial charge in [-0.25, -0.2) is 4.98 Å². The number of hydrogen-bond donors (Lipinski definition) is 0. The quantitative estimate of drug-likeness (QED) is 0.320. The van der Waals surface area contributed by atoms with Crippen molar-refractivity contribution in [2.45, 2.75) is 17.5 Å². The fourth-order valence-corrected chi connectivity index (χ4v) is 4.24. The number of methoxy groups -OCH3 is 2. The molecule has 0 amide bonds. The molecule has 4 rings (SSSR count). The second kappa shape index (κ2) is 9.05. The van der Waals surface area contributed by atoms with Gasteiger partial charge in [-0.2, -0.15) is 0 Å². The van der Waals surface area contributed by atoms with Crippen LogP contribution in [-0.2, 0) is 12.3 Å². The smallest absolute Gasteiger partial charge is 0.262 e. The predicted octanol–water partition coefficient (Wildman–Crippen LogP) is 4.75. The zero-order valence-corrected chi connectivity index (χ0v) is 17.7. The van der Waals surface area contributed by atoms with Crippen molar-refractivity contribution >= 4 is 22.7 Å². The number of thioether (sulfide) groups is 1. The molecular formula is C24H22N2O3S. The first kappa shape index (κ1) is 20.0. The summed E-state index contributed by atoms with van der Waals surface area (Å²) in [5.41, 5.74) is 2.78. The Morgan fingerprint density at radius 1 is 0.867 bits per heavy atom. The third kappa shape index (κ3) is 4.19. The van der Waals surface area contributed by atoms with Gasteiger partial charge in [0.2, 0.25) is 0 Å². The second-order valence-electron chi connectivity index (χ2n) is 6.77. The molecule has 0 fully saturated rings. The van der Waals surface area contributed by atoms with Gasteiger partial charge in [-0.15, -0.1) is 0 Å². The fraction of sp³-hybridized carbons (Fsp3) is 0.167. The van der Waals surface area contributed by atoms with Crippen LogP contribution in [0.5, 0.6) is 11.5 Å². The largest absolute Gasteiger partial charge is 0.493 e. The van der Waals surface area contributed by atoms with Gasteiger partial charge in [0, 0.05) is 5.75 Å². The van der Waals surface area contributed by atoms with Crippen LogP contribution in [0.3, 0.4) is 0 Å². The average Bonchev–Trinajstić information content (AvgIpc) is 2.80. The monoisotopic (exact) mass is 418 g/mol. The van der Waals surface area contributed by atoms with Crippen LogP contribution < -0.4 is 15.0 Å². The van der Waals surface area contributed by atoms with E-state index in [1.165, 1.54) is 5.56 Å². The van der Waals surface area contributed by atoms with E-state index in [4.69, 9.17) is 14.5 Å². The fourth-order valence-electron chi connectivity index (χ4n) is 3.28. The van der Waals surface area contributed by atoms with Crippen molar-refractivity contribution in [2.75, 3.05) is 14.2 Å². The van der Waals surface area contributed by atoms with E-state index in [0.717, 1.165) is 11.3 Å². The van der Waals surface area contributed by atoms with Crippen LogP contribution in [0, 0.1) is 0 Å². The number of benzene rings is 3. The zero-order valence-electron chi connectivity index (χ0n) is 16.9. The van der Waals surface area contributed by atoms with Crippen LogP contribution in [0.1, 0.15) is 11.1 Å². The molecule has 0 radical (unpaired) electrons. The second-order valence-corrected chi connectivity index (χ2v) is 7.71. The highest BCUT2D eigenvalue weighted by Gasteiger charge is 2.13. The van der Waals surface area contributed by atoms with Crippen LogP contribution in [0.4, 0.5) is 0 Å². The molecule has 3 aromatic carbocycles. The Labute approximate surface area is 179 Å². The maximum atomic E-state index is 13.3. The summed E-state index contributed by atoms with van der Waals surface area (Å²) in [6.07, 6.45) is 0. The molecule has 1 aromatic heterocycles. The summed E-state index contributed by atoms with van der Waals surface area (Å²) in [5, 5.41) is 1.30. The Hall–Kier alpha value is -3.25. The van der Waals surface area contributed by atoms with Gasteiger partial charge in [-0.1, -0.05) is 60.3 Å². The molecule has 4 aromatic rings. The van der Waals surface area contributed by atoms with E-state index in [9.17, 15) is 4.79 Å². The van der Waals surface area contributed by atoms with Crippen LogP contribution in [0.25, 0.3) is 10.9 Å². The Kier molecular flexibility index (Phi) is 6.05. The Morgan fingerprint density at radius 3 is 2.37 bits per heavy atom. The van der Waals surface area contributed by atoms with E-state index in [1.807, 2.05) is 60.7 Å². The number of para-hydroxylation sites is 1. The van der Waals surface area contributed by atoms with Crippen molar-refractivity contribution < 1.29 is 9.47 Å². The number of hydrogen-bond acceptors (Lipinski definition) is 5. The molecule has 0 saturated heterocycles. The normalized spacial score (nSPS) is 10.9. The third-order valence-electron chi connectivity index (χ3n) is 4.83. The van der Waals surface area contributed by atoms with Crippen molar-refractivity contribution in [1.82, 2.24) is 9.55 Å². The lowest BCUT2D eigenvalue weighted by Crippen LogP contribution is -2.24. The van der Waals surface area contributed by atoms with E-state index in [-0.39, 0.29) is 5.56 Å². The molecule has 0 aliphatic heterocycles. The van der Waals surface area contributed by atoms with Crippen molar-refractivity contribution in [3.8, 4) is 11.5 Å². The van der Waals surface area contributed by atoms with Gasteiger partial charge < -0.3 is 9.47 Å². The molecule has 0 unspecified atom stereocenters. The van der Waals surface area contributed by atoms with Gasteiger partial charge >= 0.3 is 0 Å². The molecule has 0 bridgehead atoms. The summed E-state index contributed by atoms with van der Waals surface area (Å²) in [5.74, 6) is 2.02. The van der Waals surface area contributed by atoms with E-state index in [1.54, 1.807) is 30.5 Å². The third-order valence-corrected chi connectivity index (χ3v) is 5.87. The highest BCUT2D eigenvalue weighted by molar-refractivity contribution is 7.98. The molecule has 0 spiro atoms. The zero-order chi connectivity index (χ0) is 20.9. The Morgan fingerprint density at radius 2 is 1.60 bits per heavy atom. The highest BCUT2D eigenvalue weighted by atomic mass is 32.2. The highest BCUT2D eigenvalue weighted by Crippen LogP contribution is 2.29. The molecule has 0 N–H and O–H groups in total. The van der Waals surface area contributed by atoms with Gasteiger partial charge in [0.1, 0.15) is 0 Å². The first-order chi connectivity index (χ1) is 14.7. The molecular weight excluding hydrogens is 396 g/mol. The van der Waals surface area contributed by atoms with Crippen molar-refractivity contribution in [3.63, 3.8) is 0 Å². The lowest BCUT2D eigenvalue weighted by Gasteiger charge is -2.15. The molecule has 0 aliphatic rings. The van der Waals surface area contributed by atoms with Gasteiger partial charge in [0.05, 0.1) is 31.7 Å². The first-order valence-corrected chi connectivity index (χ1v) is 10.6. The molecule has 0 aliphatic carbocycles. The number of aromatic nitrogens is 2. The summed E-state index contributed by atoms with van der Waals surface area (Å²) in [6, 6.07) is 23.3. The average molecular weight is 419 g/mol. The molecule has 1 heterocycles. The number of ether oxygens (including phenoxy) is 2. The van der Waals surface area contributed by atoms with Gasteiger partial charge in [-0.05, 0) is 35.4 Å². The predicted molar refractivity (Wildman–Crippen MR) is 121 cm³/mol. The minimum absolute atomic E-state index is 0.0500. The lowest BCUT2D eigenvalue weighted by atomic mass is 10.2. The van der Waals surface area contributed by atoms with Gasteiger partial charge in [0.25, 0.3) is 5.56 Å². The summed E-state index contributed by atoms with van der Waals surface area (Å²) in [4.78, 5) is 18.1. The van der Waals surface area contributed by atoms with Gasteiger partial charge in [-0.3, -0.25) is 9.36 Å². The number of rotatable bonds is 7. The van der Waals surface area contributed by atoms with Crippen molar-refractivity contribution in [1.29, 1.82) is 0 Å². The molecule has 152 valence electrons. The summed E-state index contributed by atoms with van der Waals surface area (Å²) in [6.45, 7) is 0.397. The molecule has 0 atom stereocenters. The van der Waals surface area contributed by atoms with E-state index < -0.39 is 0 Å². The standard InChI is InChI=1S/C24H22N2O3S/c1-28-21-13-12-18(14-22(21)29-2)15-26-23(27)19-10-6-7-11-20(19)25-24(26)30-16-17-8-4-3-5-9-17/h3-14H,15-16H2,1-2H3. The molecule has 5 nitrogen and oxygen atoms in total. The Balaban J connectivity index is 1.75. The van der Waals surface area contributed by atoms with Crippen molar-refractivity contribution in [2.24, 2.45) is 0 Å². The number of fused-ring (bicyclic) bond motifs is 1. The van der Waals surface area contributed by atoms with Crippen LogP contribution >= 0.6 is 11.8 Å². The topological polar surface area (TPSA) is 53.4 Å². The van der Waals surface area contributed by atoms with Crippen molar-refractivity contribution in [3.05, 3.63) is 94.3 Å². The minimum Gasteiger partial charge on any atom is -0.493 e. The van der Waals surface area contributed by atoms with E-state index >= 15 is 0 Å². The maximum absolute atomic E-state index is 13.3.